The minimum Gasteiger partial charge on any atom is -0.505 e. The zero-order valence-electron chi connectivity index (χ0n) is 20.8. The van der Waals surface area contributed by atoms with Crippen LogP contribution in [0.3, 0.4) is 0 Å². The summed E-state index contributed by atoms with van der Waals surface area (Å²) in [6.07, 6.45) is 0.416. The van der Waals surface area contributed by atoms with E-state index in [-0.39, 0.29) is 32.7 Å². The summed E-state index contributed by atoms with van der Waals surface area (Å²) in [4.78, 5) is 12.8. The van der Waals surface area contributed by atoms with Crippen LogP contribution in [-0.2, 0) is 16.5 Å². The number of nitrogens with one attached hydrogen (secondary N) is 1. The van der Waals surface area contributed by atoms with E-state index in [4.69, 9.17) is 27.9 Å². The van der Waals surface area contributed by atoms with Gasteiger partial charge in [0.25, 0.3) is 16.0 Å². The second-order valence-electron chi connectivity index (χ2n) is 8.29. The lowest BCUT2D eigenvalue weighted by atomic mass is 10.0. The van der Waals surface area contributed by atoms with Crippen LogP contribution in [0.15, 0.2) is 75.8 Å². The van der Waals surface area contributed by atoms with Crippen molar-refractivity contribution >= 4 is 67.1 Å². The van der Waals surface area contributed by atoms with Gasteiger partial charge in [0.1, 0.15) is 27.0 Å². The average Bonchev–Trinajstić information content (AvgIpc) is 2.89. The molecule has 4 aromatic carbocycles. The lowest BCUT2D eigenvalue weighted by molar-refractivity contribution is 0.102. The maximum atomic E-state index is 13.3. The van der Waals surface area contributed by atoms with Crippen LogP contribution in [0.25, 0.3) is 10.8 Å². The third-order valence-electron chi connectivity index (χ3n) is 5.80. The van der Waals surface area contributed by atoms with Crippen molar-refractivity contribution < 1.29 is 27.6 Å². The number of carbonyl (C=O) groups is 1. The first-order chi connectivity index (χ1) is 18.5. The van der Waals surface area contributed by atoms with Crippen molar-refractivity contribution in [2.24, 2.45) is 10.2 Å². The quantitative estimate of drug-likeness (QED) is 0.142. The van der Waals surface area contributed by atoms with Crippen LogP contribution in [0.5, 0.6) is 11.5 Å². The van der Waals surface area contributed by atoms with E-state index in [9.17, 15) is 22.9 Å². The summed E-state index contributed by atoms with van der Waals surface area (Å²) >= 11 is 12.6. The summed E-state index contributed by atoms with van der Waals surface area (Å²) in [6, 6.07) is 15.7. The fourth-order valence-electron chi connectivity index (χ4n) is 3.90. The van der Waals surface area contributed by atoms with Crippen molar-refractivity contribution in [1.82, 2.24) is 0 Å². The molecule has 0 bridgehead atoms. The highest BCUT2D eigenvalue weighted by atomic mass is 35.5. The van der Waals surface area contributed by atoms with Crippen molar-refractivity contribution in [3.63, 3.8) is 0 Å². The number of nitrogens with zero attached hydrogens (tertiary/aromatic N) is 2. The smallest absolute Gasteiger partial charge is 0.296 e. The van der Waals surface area contributed by atoms with Crippen molar-refractivity contribution in [3.05, 3.63) is 81.8 Å². The van der Waals surface area contributed by atoms with Gasteiger partial charge in [-0.2, -0.15) is 8.42 Å². The fraction of sp³-hybridized carbons (Fsp3) is 0.148. The number of ether oxygens (including phenoxy) is 1. The van der Waals surface area contributed by atoms with Crippen LogP contribution in [-0.4, -0.2) is 30.6 Å². The molecule has 0 saturated heterocycles. The Morgan fingerprint density at radius 1 is 1.03 bits per heavy atom. The van der Waals surface area contributed by atoms with E-state index in [0.717, 1.165) is 0 Å². The van der Waals surface area contributed by atoms with Gasteiger partial charge in [0, 0.05) is 10.4 Å². The Balaban J connectivity index is 1.82. The van der Waals surface area contributed by atoms with Crippen LogP contribution < -0.4 is 10.1 Å². The monoisotopic (exact) mass is 587 g/mol. The molecule has 0 saturated carbocycles. The molecule has 4 rings (SSSR count). The number of anilines is 1. The van der Waals surface area contributed by atoms with Gasteiger partial charge in [-0.05, 0) is 54.6 Å². The molecule has 4 aromatic rings. The maximum absolute atomic E-state index is 13.3. The van der Waals surface area contributed by atoms with Gasteiger partial charge in [0.15, 0.2) is 5.75 Å². The maximum Gasteiger partial charge on any atom is 0.296 e. The minimum absolute atomic E-state index is 0.0932. The van der Waals surface area contributed by atoms with E-state index in [1.54, 1.807) is 56.3 Å². The predicted octanol–water partition coefficient (Wildman–Crippen LogP) is 7.73. The number of rotatable bonds is 8. The van der Waals surface area contributed by atoms with E-state index < -0.39 is 26.7 Å². The van der Waals surface area contributed by atoms with Crippen LogP contribution in [0.2, 0.25) is 10.0 Å². The molecule has 0 aliphatic heterocycles. The van der Waals surface area contributed by atoms with Crippen LogP contribution in [0.1, 0.15) is 29.8 Å². The number of hydrogen-bond acceptors (Lipinski definition) is 7. The molecule has 0 aromatic heterocycles. The number of benzene rings is 4. The second kappa shape index (κ2) is 11.6. The first kappa shape index (κ1) is 28.3. The molecule has 9 nitrogen and oxygen atoms in total. The Kier molecular flexibility index (Phi) is 8.41. The number of halogens is 2. The topological polar surface area (TPSA) is 138 Å². The molecular weight excluding hydrogens is 565 g/mol. The number of aryl methyl sites for hydroxylation is 1. The number of carbonyl (C=O) groups excluding carboxylic acids is 1. The van der Waals surface area contributed by atoms with Gasteiger partial charge in [0.05, 0.1) is 17.9 Å². The molecule has 0 heterocycles. The fourth-order valence-corrected chi connectivity index (χ4v) is 5.07. The summed E-state index contributed by atoms with van der Waals surface area (Å²) in [5, 5.41) is 23.3. The lowest BCUT2D eigenvalue weighted by Crippen LogP contribution is -2.13. The van der Waals surface area contributed by atoms with E-state index in [0.29, 0.717) is 35.1 Å². The van der Waals surface area contributed by atoms with Gasteiger partial charge in [-0.25, -0.2) is 0 Å². The Morgan fingerprint density at radius 3 is 2.46 bits per heavy atom. The third-order valence-corrected chi connectivity index (χ3v) is 7.42. The van der Waals surface area contributed by atoms with Gasteiger partial charge in [-0.15, -0.1) is 10.2 Å². The summed E-state index contributed by atoms with van der Waals surface area (Å²) in [6.45, 7) is 3.95. The number of amides is 1. The minimum atomic E-state index is -4.67. The zero-order chi connectivity index (χ0) is 28.3. The van der Waals surface area contributed by atoms with Crippen molar-refractivity contribution in [2.75, 3.05) is 11.9 Å². The van der Waals surface area contributed by atoms with E-state index in [1.165, 1.54) is 18.2 Å². The highest BCUT2D eigenvalue weighted by Crippen LogP contribution is 2.41. The van der Waals surface area contributed by atoms with Crippen molar-refractivity contribution in [1.29, 1.82) is 0 Å². The Morgan fingerprint density at radius 2 is 1.77 bits per heavy atom. The first-order valence-corrected chi connectivity index (χ1v) is 13.9. The third kappa shape index (κ3) is 5.99. The Bertz CT molecular complexity index is 1720. The van der Waals surface area contributed by atoms with E-state index in [2.05, 4.69) is 15.5 Å². The number of aromatic hydroxyl groups is 1. The molecule has 0 spiro atoms. The first-order valence-electron chi connectivity index (χ1n) is 11.7. The molecular formula is C27H23Cl2N3O6S. The van der Waals surface area contributed by atoms with Gasteiger partial charge in [0.2, 0.25) is 0 Å². The second-order valence-corrected chi connectivity index (χ2v) is 10.5. The summed E-state index contributed by atoms with van der Waals surface area (Å²) < 4.78 is 39.3. The highest BCUT2D eigenvalue weighted by Gasteiger charge is 2.22. The van der Waals surface area contributed by atoms with Crippen LogP contribution in [0.4, 0.5) is 17.1 Å². The predicted molar refractivity (Wildman–Crippen MR) is 151 cm³/mol. The summed E-state index contributed by atoms with van der Waals surface area (Å²) in [5.74, 6) is -0.799. The van der Waals surface area contributed by atoms with Gasteiger partial charge in [-0.3, -0.25) is 9.35 Å². The highest BCUT2D eigenvalue weighted by molar-refractivity contribution is 7.86. The van der Waals surface area contributed by atoms with Crippen molar-refractivity contribution in [2.45, 2.75) is 25.2 Å². The average molecular weight is 588 g/mol. The molecule has 0 fully saturated rings. The zero-order valence-corrected chi connectivity index (χ0v) is 23.1. The number of phenols is 1. The van der Waals surface area contributed by atoms with Crippen LogP contribution in [0, 0.1) is 0 Å². The molecule has 202 valence electrons. The number of phenolic OH excluding ortho intramolecular Hbond substituents is 1. The molecule has 39 heavy (non-hydrogen) atoms. The largest absolute Gasteiger partial charge is 0.505 e. The Hall–Kier alpha value is -3.70. The molecule has 0 unspecified atom stereocenters. The molecule has 3 N–H and O–H groups in total. The lowest BCUT2D eigenvalue weighted by Gasteiger charge is -2.13. The van der Waals surface area contributed by atoms with Gasteiger partial charge in [-0.1, -0.05) is 60.5 Å². The molecule has 0 aliphatic rings. The molecule has 0 radical (unpaired) electrons. The van der Waals surface area contributed by atoms with E-state index >= 15 is 0 Å². The summed E-state index contributed by atoms with van der Waals surface area (Å²) in [7, 11) is -4.67. The van der Waals surface area contributed by atoms with E-state index in [1.807, 2.05) is 0 Å². The molecule has 0 atom stereocenters. The molecule has 1 amide bonds. The summed E-state index contributed by atoms with van der Waals surface area (Å²) in [5.41, 5.74) is 0.297. The number of hydrogen-bond donors (Lipinski definition) is 3. The van der Waals surface area contributed by atoms with Crippen LogP contribution >= 0.6 is 23.2 Å². The van der Waals surface area contributed by atoms with Gasteiger partial charge < -0.3 is 15.2 Å². The SMILES string of the molecule is CCOc1cccc(NC(=O)c2cc3ccccc3c(N=Nc3cc(Cl)c(CC)cc3S(=O)(=O)O)c2O)c1Cl. The van der Waals surface area contributed by atoms with Crippen molar-refractivity contribution in [3.8, 4) is 11.5 Å². The molecule has 12 heteroatoms. The number of fused-ring (bicyclic) bond motifs is 1. The standard InChI is InChI=1S/C27H23Cl2N3O6S/c1-3-15-13-23(39(35,36)37)21(14-19(15)28)31-32-25-17-9-6-5-8-16(17)12-18(26(25)33)27(34)30-20-10-7-11-22(24(20)29)38-4-2/h5-14,33H,3-4H2,1-2H3,(H,30,34)(H,35,36,37). The number of azo groups is 1. The Labute approximate surface area is 234 Å². The van der Waals surface area contributed by atoms with Gasteiger partial charge >= 0.3 is 0 Å². The normalized spacial score (nSPS) is 11.7. The molecule has 0 aliphatic carbocycles.